The van der Waals surface area contributed by atoms with Crippen LogP contribution in [0.15, 0.2) is 0 Å². The van der Waals surface area contributed by atoms with E-state index >= 15 is 0 Å². The SMILES string of the molecule is CC(=O)O[C@@H]1CC[C@@]2(C)C(CCC3C2[C@@H]2C[C@]45C3C[C@@H]3OC6(CC(C)C(C)(C)O6)[C@](C)(O[C@H]4O2)[C@@H]35)C1. The predicted molar refractivity (Wildman–Crippen MR) is 131 cm³/mol. The fourth-order valence-corrected chi connectivity index (χ4v) is 11.9. The summed E-state index contributed by atoms with van der Waals surface area (Å²) < 4.78 is 33.7. The molecule has 0 aromatic heterocycles. The topological polar surface area (TPSA) is 63.2 Å². The van der Waals surface area contributed by atoms with Crippen molar-refractivity contribution in [2.75, 3.05) is 0 Å². The molecule has 8 aliphatic rings. The van der Waals surface area contributed by atoms with Crippen LogP contribution < -0.4 is 0 Å². The summed E-state index contributed by atoms with van der Waals surface area (Å²) >= 11 is 0. The van der Waals surface area contributed by atoms with Gasteiger partial charge in [0, 0.05) is 24.7 Å². The van der Waals surface area contributed by atoms with E-state index in [1.54, 1.807) is 6.92 Å². The first-order valence-electron chi connectivity index (χ1n) is 14.8. The van der Waals surface area contributed by atoms with Gasteiger partial charge in [-0.3, -0.25) is 4.79 Å². The predicted octanol–water partition coefficient (Wildman–Crippen LogP) is 5.22. The van der Waals surface area contributed by atoms with Gasteiger partial charge in [0.15, 0.2) is 12.1 Å². The maximum Gasteiger partial charge on any atom is 0.302 e. The lowest BCUT2D eigenvalue weighted by molar-refractivity contribution is -0.319. The Bertz CT molecular complexity index is 1010. The van der Waals surface area contributed by atoms with E-state index < -0.39 is 11.4 Å². The normalized spacial score (nSPS) is 63.3. The Morgan fingerprint density at radius 2 is 1.78 bits per heavy atom. The molecule has 4 aliphatic carbocycles. The highest BCUT2D eigenvalue weighted by atomic mass is 16.8. The molecule has 2 spiro atoms. The summed E-state index contributed by atoms with van der Waals surface area (Å²) in [5.74, 6) is 2.46. The van der Waals surface area contributed by atoms with Gasteiger partial charge < -0.3 is 23.7 Å². The van der Waals surface area contributed by atoms with Crippen molar-refractivity contribution in [3.05, 3.63) is 0 Å². The van der Waals surface area contributed by atoms with Gasteiger partial charge in [0.25, 0.3) is 0 Å². The Kier molecular flexibility index (Phi) is 4.33. The van der Waals surface area contributed by atoms with Crippen molar-refractivity contribution in [2.24, 2.45) is 46.3 Å². The maximum atomic E-state index is 11.6. The second-order valence-electron chi connectivity index (χ2n) is 15.1. The van der Waals surface area contributed by atoms with Crippen LogP contribution in [0.1, 0.15) is 92.9 Å². The van der Waals surface area contributed by atoms with Crippen LogP contribution in [0, 0.1) is 46.3 Å². The standard InChI is InChI=1S/C30H44O6/c1-15-13-30(36-26(15,3)4)28(6)24-21(34-30)12-20-19-8-7-17-11-18(32-16(2)31)9-10-27(17,5)23(19)22-14-29(20,24)25(33-22)35-28/h15,17-25H,7-14H2,1-6H3/t15?,17?,18-,19?,20?,21+,22+,23?,24-,25-,27+,28-,29-,30?/m1/s1. The molecule has 6 heteroatoms. The molecule has 0 N–H and O–H groups in total. The Balaban J connectivity index is 1.13. The smallest absolute Gasteiger partial charge is 0.302 e. The summed E-state index contributed by atoms with van der Waals surface area (Å²) in [6.45, 7) is 13.1. The summed E-state index contributed by atoms with van der Waals surface area (Å²) in [6.07, 6.45) is 9.23. The van der Waals surface area contributed by atoms with E-state index in [1.165, 1.54) is 12.8 Å². The largest absolute Gasteiger partial charge is 0.463 e. The third-order valence-electron chi connectivity index (χ3n) is 13.5. The molecule has 8 rings (SSSR count). The van der Waals surface area contributed by atoms with Gasteiger partial charge >= 0.3 is 5.97 Å². The van der Waals surface area contributed by atoms with Crippen LogP contribution in [0.25, 0.3) is 0 Å². The molecule has 0 radical (unpaired) electrons. The van der Waals surface area contributed by atoms with Crippen molar-refractivity contribution in [2.45, 2.75) is 135 Å². The van der Waals surface area contributed by atoms with E-state index in [2.05, 4.69) is 34.6 Å². The van der Waals surface area contributed by atoms with E-state index in [0.717, 1.165) is 38.5 Å². The zero-order chi connectivity index (χ0) is 25.0. The summed E-state index contributed by atoms with van der Waals surface area (Å²) in [4.78, 5) is 11.6. The van der Waals surface area contributed by atoms with Gasteiger partial charge in [0.2, 0.25) is 0 Å². The van der Waals surface area contributed by atoms with Crippen LogP contribution in [-0.2, 0) is 28.5 Å². The molecule has 6 nitrogen and oxygen atoms in total. The third-order valence-corrected chi connectivity index (χ3v) is 13.5. The van der Waals surface area contributed by atoms with Gasteiger partial charge in [-0.25, -0.2) is 0 Å². The molecule has 6 unspecified atom stereocenters. The molecular weight excluding hydrogens is 456 g/mol. The van der Waals surface area contributed by atoms with Gasteiger partial charge in [-0.15, -0.1) is 0 Å². The van der Waals surface area contributed by atoms with E-state index in [9.17, 15) is 4.79 Å². The zero-order valence-electron chi connectivity index (χ0n) is 22.9. The molecule has 4 saturated carbocycles. The van der Waals surface area contributed by atoms with Gasteiger partial charge in [0.05, 0.1) is 17.8 Å². The number of hydrogen-bond acceptors (Lipinski definition) is 6. The van der Waals surface area contributed by atoms with E-state index in [-0.39, 0.29) is 47.0 Å². The highest BCUT2D eigenvalue weighted by Crippen LogP contribution is 2.80. The maximum absolute atomic E-state index is 11.6. The molecule has 0 amide bonds. The van der Waals surface area contributed by atoms with Crippen LogP contribution in [0.2, 0.25) is 0 Å². The van der Waals surface area contributed by atoms with Crippen LogP contribution in [0.4, 0.5) is 0 Å². The number of carbonyl (C=O) groups excluding carboxylic acids is 1. The molecule has 4 saturated heterocycles. The third kappa shape index (κ3) is 2.44. The van der Waals surface area contributed by atoms with Crippen LogP contribution in [0.5, 0.6) is 0 Å². The summed E-state index contributed by atoms with van der Waals surface area (Å²) in [6, 6.07) is 0. The molecule has 0 aromatic carbocycles. The number of hydrogen-bond donors (Lipinski definition) is 0. The van der Waals surface area contributed by atoms with Crippen molar-refractivity contribution in [1.82, 2.24) is 0 Å². The lowest BCUT2D eigenvalue weighted by Crippen LogP contribution is -2.59. The first-order chi connectivity index (χ1) is 16.9. The van der Waals surface area contributed by atoms with Crippen LogP contribution in [0.3, 0.4) is 0 Å². The zero-order valence-corrected chi connectivity index (χ0v) is 22.9. The van der Waals surface area contributed by atoms with Crippen LogP contribution in [-0.4, -0.2) is 47.6 Å². The molecule has 8 fully saturated rings. The Morgan fingerprint density at radius 3 is 2.50 bits per heavy atom. The van der Waals surface area contributed by atoms with Crippen molar-refractivity contribution in [3.8, 4) is 0 Å². The van der Waals surface area contributed by atoms with E-state index in [1.807, 2.05) is 0 Å². The molecule has 36 heavy (non-hydrogen) atoms. The summed E-state index contributed by atoms with van der Waals surface area (Å²) in [7, 11) is 0. The van der Waals surface area contributed by atoms with Gasteiger partial charge in [-0.05, 0) is 101 Å². The van der Waals surface area contributed by atoms with Gasteiger partial charge in [-0.1, -0.05) is 13.8 Å². The number of esters is 1. The highest BCUT2D eigenvalue weighted by Gasteiger charge is 2.86. The molecule has 4 heterocycles. The molecular formula is C30H44O6. The van der Waals surface area contributed by atoms with Crippen LogP contribution >= 0.6 is 0 Å². The fourth-order valence-electron chi connectivity index (χ4n) is 11.9. The lowest BCUT2D eigenvalue weighted by atomic mass is 9.44. The second kappa shape index (κ2) is 6.71. The lowest BCUT2D eigenvalue weighted by Gasteiger charge is -2.60. The Hall–Kier alpha value is -0.690. The quantitative estimate of drug-likeness (QED) is 0.460. The molecule has 4 aliphatic heterocycles. The van der Waals surface area contributed by atoms with Crippen molar-refractivity contribution < 1.29 is 28.5 Å². The minimum Gasteiger partial charge on any atom is -0.463 e. The minimum absolute atomic E-state index is 0.0756. The van der Waals surface area contributed by atoms with Gasteiger partial charge in [0.1, 0.15) is 11.7 Å². The first-order valence-corrected chi connectivity index (χ1v) is 14.8. The van der Waals surface area contributed by atoms with Crippen molar-refractivity contribution in [1.29, 1.82) is 0 Å². The molecule has 14 atom stereocenters. The number of ether oxygens (including phenoxy) is 5. The van der Waals surface area contributed by atoms with Crippen molar-refractivity contribution >= 4 is 5.97 Å². The average Bonchev–Trinajstić information content (AvgIpc) is 3.46. The number of carbonyl (C=O) groups is 1. The Labute approximate surface area is 215 Å². The number of rotatable bonds is 1. The minimum atomic E-state index is -0.649. The van der Waals surface area contributed by atoms with E-state index in [4.69, 9.17) is 23.7 Å². The molecule has 2 bridgehead atoms. The second-order valence-corrected chi connectivity index (χ2v) is 15.1. The van der Waals surface area contributed by atoms with E-state index in [0.29, 0.717) is 35.5 Å². The van der Waals surface area contributed by atoms with Gasteiger partial charge in [-0.2, -0.15) is 0 Å². The fraction of sp³-hybridized carbons (Fsp3) is 0.967. The highest BCUT2D eigenvalue weighted by molar-refractivity contribution is 5.66. The van der Waals surface area contributed by atoms with Crippen molar-refractivity contribution in [3.63, 3.8) is 0 Å². The number of fused-ring (bicyclic) bond motifs is 7. The molecule has 0 aromatic rings. The summed E-state index contributed by atoms with van der Waals surface area (Å²) in [5.41, 5.74) is -0.327. The Morgan fingerprint density at radius 1 is 0.972 bits per heavy atom. The molecule has 200 valence electrons. The average molecular weight is 501 g/mol. The monoisotopic (exact) mass is 500 g/mol. The first kappa shape index (κ1) is 23.2. The summed E-state index contributed by atoms with van der Waals surface area (Å²) in [5, 5.41) is 0.